The van der Waals surface area contributed by atoms with Crippen molar-refractivity contribution in [2.75, 3.05) is 47.2 Å². The molecule has 1 fully saturated rings. The molecule has 1 saturated heterocycles. The van der Waals surface area contributed by atoms with Crippen LogP contribution in [-0.4, -0.2) is 98.2 Å². The third kappa shape index (κ3) is 19.9. The van der Waals surface area contributed by atoms with E-state index in [9.17, 15) is 4.79 Å². The van der Waals surface area contributed by atoms with Crippen LogP contribution in [0.3, 0.4) is 0 Å². The van der Waals surface area contributed by atoms with Crippen molar-refractivity contribution in [1.29, 1.82) is 0 Å². The number of H-pyrrole nitrogens is 1. The number of morpholine rings is 1. The third-order valence-electron chi connectivity index (χ3n) is 18.7. The van der Waals surface area contributed by atoms with Gasteiger partial charge in [0.25, 0.3) is 0 Å². The lowest BCUT2D eigenvalue weighted by Crippen LogP contribution is -2.37. The number of allylic oxidation sites excluding steroid dienone is 3. The molecule has 9 heterocycles. The first-order valence-corrected chi connectivity index (χ1v) is 40.1. The zero-order valence-electron chi connectivity index (χ0n) is 66.9. The number of hydrogen-bond acceptors (Lipinski definition) is 13. The minimum absolute atomic E-state index is 0.135. The fraction of sp³-hybridized carbons (Fsp3) is 0.416. The summed E-state index contributed by atoms with van der Waals surface area (Å²) < 4.78 is 11.2. The molecular formula is C89H121N15O2. The first-order valence-electron chi connectivity index (χ1n) is 40.1. The molecule has 1 aliphatic heterocycles. The first kappa shape index (κ1) is 83.3. The van der Waals surface area contributed by atoms with Crippen LogP contribution in [-0.2, 0) is 24.0 Å². The van der Waals surface area contributed by atoms with Crippen LogP contribution in [0.4, 0.5) is 23.3 Å². The van der Waals surface area contributed by atoms with Crippen LogP contribution >= 0.6 is 0 Å². The Morgan fingerprint density at radius 1 is 0.415 bits per heavy atom. The molecule has 17 heteroatoms. The quantitative estimate of drug-likeness (QED) is 0.107. The highest BCUT2D eigenvalue weighted by molar-refractivity contribution is 5.80. The van der Waals surface area contributed by atoms with Gasteiger partial charge in [-0.1, -0.05) is 214 Å². The van der Waals surface area contributed by atoms with Gasteiger partial charge < -0.3 is 30.6 Å². The second kappa shape index (κ2) is 43.4. The molecule has 3 aromatic carbocycles. The smallest absolute Gasteiger partial charge is 0.248 e. The van der Waals surface area contributed by atoms with Crippen molar-refractivity contribution in [3.05, 3.63) is 231 Å². The minimum Gasteiger partial charge on any atom is -0.378 e. The van der Waals surface area contributed by atoms with Gasteiger partial charge in [0.2, 0.25) is 5.56 Å². The van der Waals surface area contributed by atoms with Gasteiger partial charge in [-0.2, -0.15) is 28.8 Å². The number of anilines is 4. The second-order valence-electron chi connectivity index (χ2n) is 24.1. The van der Waals surface area contributed by atoms with Crippen LogP contribution in [0.25, 0.3) is 56.2 Å². The van der Waals surface area contributed by atoms with Crippen molar-refractivity contribution in [2.24, 2.45) is 0 Å². The molecule has 8 aromatic heterocycles. The number of nitrogens with zero attached hydrogens (tertiary/aromatic N) is 11. The topological polar surface area (TPSA) is 185 Å². The van der Waals surface area contributed by atoms with E-state index in [-0.39, 0.29) is 5.56 Å². The lowest BCUT2D eigenvalue weighted by molar-refractivity contribution is 0.122. The number of aromatic nitrogens is 11. The number of rotatable bonds is 9. The van der Waals surface area contributed by atoms with E-state index >= 15 is 0 Å². The molecule has 18 rings (SSSR count). The monoisotopic (exact) mass is 1430 g/mol. The van der Waals surface area contributed by atoms with Gasteiger partial charge in [-0.25, -0.2) is 15.0 Å². The predicted octanol–water partition coefficient (Wildman–Crippen LogP) is 21.6. The van der Waals surface area contributed by atoms with Gasteiger partial charge in [-0.05, 0) is 145 Å². The fourth-order valence-electron chi connectivity index (χ4n) is 14.5. The fourth-order valence-corrected chi connectivity index (χ4v) is 14.5. The summed E-state index contributed by atoms with van der Waals surface area (Å²) in [6, 6.07) is 47.1. The Morgan fingerprint density at radius 2 is 0.802 bits per heavy atom. The molecule has 0 amide bonds. The number of benzene rings is 3. The highest BCUT2D eigenvalue weighted by Gasteiger charge is 2.32. The average molecular weight is 1430 g/mol. The summed E-state index contributed by atoms with van der Waals surface area (Å²) in [5.74, 6) is 3.92. The van der Waals surface area contributed by atoms with Gasteiger partial charge >= 0.3 is 0 Å². The Labute approximate surface area is 632 Å². The van der Waals surface area contributed by atoms with Crippen LogP contribution in [0.5, 0.6) is 0 Å². The Morgan fingerprint density at radius 3 is 1.20 bits per heavy atom. The molecule has 3 unspecified atom stereocenters. The van der Waals surface area contributed by atoms with Crippen LogP contribution in [0.15, 0.2) is 192 Å². The third-order valence-corrected chi connectivity index (χ3v) is 18.7. The van der Waals surface area contributed by atoms with Crippen molar-refractivity contribution in [1.82, 2.24) is 53.8 Å². The molecule has 0 spiro atoms. The zero-order chi connectivity index (χ0) is 76.5. The number of pyridine rings is 2. The second-order valence-corrected chi connectivity index (χ2v) is 24.1. The number of nitrogens with one attached hydrogen (secondary N) is 4. The molecule has 17 nitrogen and oxygen atoms in total. The minimum atomic E-state index is -0.135. The molecule has 0 bridgehead atoms. The molecule has 3 atom stereocenters. The summed E-state index contributed by atoms with van der Waals surface area (Å²) in [6.45, 7) is 39.3. The molecule has 106 heavy (non-hydrogen) atoms. The maximum Gasteiger partial charge on any atom is 0.248 e. The Hall–Kier alpha value is -10.0. The van der Waals surface area contributed by atoms with E-state index in [1.165, 1.54) is 45.4 Å². The zero-order valence-corrected chi connectivity index (χ0v) is 66.9. The molecular weight excluding hydrogens is 1310 g/mol. The summed E-state index contributed by atoms with van der Waals surface area (Å²) >= 11 is 0. The van der Waals surface area contributed by atoms with Gasteiger partial charge in [0, 0.05) is 103 Å². The Balaban J connectivity index is 0.000000200. The van der Waals surface area contributed by atoms with Crippen molar-refractivity contribution in [3.63, 3.8) is 0 Å². The van der Waals surface area contributed by atoms with E-state index in [1.54, 1.807) is 58.7 Å². The van der Waals surface area contributed by atoms with E-state index in [0.29, 0.717) is 18.1 Å². The van der Waals surface area contributed by atoms with Crippen LogP contribution in [0.2, 0.25) is 0 Å². The molecule has 11 aromatic rings. The Kier molecular flexibility index (Phi) is 34.1. The summed E-state index contributed by atoms with van der Waals surface area (Å²) in [7, 11) is 0. The van der Waals surface area contributed by atoms with Crippen molar-refractivity contribution in [2.45, 2.75) is 220 Å². The maximum absolute atomic E-state index is 11.8. The van der Waals surface area contributed by atoms with Crippen molar-refractivity contribution < 1.29 is 4.74 Å². The molecule has 0 radical (unpaired) electrons. The van der Waals surface area contributed by atoms with E-state index in [2.05, 4.69) is 136 Å². The molecule has 7 aliphatic rings. The number of aromatic amines is 1. The van der Waals surface area contributed by atoms with Gasteiger partial charge in [0.15, 0.2) is 16.9 Å². The largest absolute Gasteiger partial charge is 0.378 e. The number of hydrogen-bond donors (Lipinski definition) is 4. The van der Waals surface area contributed by atoms with E-state index < -0.39 is 0 Å². The van der Waals surface area contributed by atoms with E-state index in [1.807, 2.05) is 193 Å². The standard InChI is InChI=1S/C24H21N5O.C24H21N5.C23H25N5O.9C2H6/c30-24-12-17(7-9-25-24)21-14-23(29-22(28-21)8-10-26-29)27-18-6-5-16-11-15-3-1-2-4-19(15)20(16)13-18;1-2-6-20-16(4-1)12-17-7-8-19(13-21(17)20)27-24-14-22(18-5-3-10-25-15-18)28-23-9-11-26-29(23)24;1-2-4-19-16(3-1)13-17-5-6-18(14-20(17)19)25-23-15-22(27-9-11-29-12-10-27)26-21-7-8-24-28(21)23;9*1-2/h1-4,7-10,12,14,18,27H,5-6,11,13H2,(H,25,30);1-6,9-11,14-15,19,27H,7-8,12-13H2;1-4,7-8,15,18,25H,5-6,9-14H2;9*1-2H3. The van der Waals surface area contributed by atoms with Crippen LogP contribution in [0.1, 0.15) is 216 Å². The van der Waals surface area contributed by atoms with Crippen molar-refractivity contribution in [3.8, 4) is 22.5 Å². The number of ether oxygens (including phenoxy) is 1. The maximum atomic E-state index is 11.8. The highest BCUT2D eigenvalue weighted by atomic mass is 16.5. The van der Waals surface area contributed by atoms with E-state index in [4.69, 9.17) is 14.7 Å². The average Bonchev–Trinajstić information content (AvgIpc) is 1.60. The van der Waals surface area contributed by atoms with Gasteiger partial charge in [0.05, 0.1) is 43.2 Å². The van der Waals surface area contributed by atoms with Crippen LogP contribution < -0.4 is 26.4 Å². The molecule has 564 valence electrons. The van der Waals surface area contributed by atoms with Gasteiger partial charge in [-0.15, -0.1) is 0 Å². The molecule has 6 aliphatic carbocycles. The highest BCUT2D eigenvalue weighted by Crippen LogP contribution is 2.45. The summed E-state index contributed by atoms with van der Waals surface area (Å²) in [6.07, 6.45) is 24.0. The van der Waals surface area contributed by atoms with E-state index in [0.717, 1.165) is 160 Å². The lowest BCUT2D eigenvalue weighted by atomic mass is 9.88. The predicted molar refractivity (Wildman–Crippen MR) is 448 cm³/mol. The molecule has 4 N–H and O–H groups in total. The Bertz CT molecular complexity index is 4630. The summed E-state index contributed by atoms with van der Waals surface area (Å²) in [5.41, 5.74) is 24.1. The molecule has 0 saturated carbocycles. The SMILES string of the molecule is CC.CC.CC.CC.CC.CC.CC.CC.CC.O=c1cc(-c2cc(NC3CCC4=C(C3)c3ccccc3C4)n3nccc3n2)cc[nH]1.c1ccc2c(c1)CC1=C2CC(Nc2cc(N3CCOCC3)nc3ccnn23)CC1.c1cncc(-c2cc(NC3CCC4=C(C3)c3ccccc3C4)n3nccc3n2)c1. The lowest BCUT2D eigenvalue weighted by Gasteiger charge is -2.29. The summed E-state index contributed by atoms with van der Waals surface area (Å²) in [5, 5.41) is 24.7. The summed E-state index contributed by atoms with van der Waals surface area (Å²) in [4.78, 5) is 35.2. The van der Waals surface area contributed by atoms with Crippen LogP contribution in [0, 0.1) is 0 Å². The normalized spacial score (nSPS) is 16.3. The number of fused-ring (bicyclic) bond motifs is 9. The first-order chi connectivity index (χ1) is 52.4. The van der Waals surface area contributed by atoms with Gasteiger partial charge in [0.1, 0.15) is 23.3 Å². The van der Waals surface area contributed by atoms with Crippen molar-refractivity contribution >= 4 is 56.9 Å². The van der Waals surface area contributed by atoms with Gasteiger partial charge in [-0.3, -0.25) is 9.78 Å².